The van der Waals surface area contributed by atoms with Crippen LogP contribution in [-0.2, 0) is 4.79 Å². The van der Waals surface area contributed by atoms with Gasteiger partial charge < -0.3 is 14.9 Å². The molecule has 0 saturated carbocycles. The number of carboxylic acid groups (broad SMARTS) is 1. The first-order valence-electron chi connectivity index (χ1n) is 8.88. The number of fused-ring (bicyclic) bond motifs is 1. The van der Waals surface area contributed by atoms with Crippen molar-refractivity contribution in [3.05, 3.63) is 46.0 Å². The third-order valence-corrected chi connectivity index (χ3v) is 6.47. The molecule has 1 aromatic carbocycles. The predicted octanol–water partition coefficient (Wildman–Crippen LogP) is 2.74. The monoisotopic (exact) mass is 371 g/mol. The van der Waals surface area contributed by atoms with Gasteiger partial charge in [0.05, 0.1) is 17.0 Å². The minimum atomic E-state index is -0.916. The van der Waals surface area contributed by atoms with Crippen LogP contribution in [0, 0.1) is 0 Å². The molecule has 0 spiro atoms. The Kier molecular flexibility index (Phi) is 4.48. The van der Waals surface area contributed by atoms with Crippen molar-refractivity contribution in [2.75, 3.05) is 26.2 Å². The first-order chi connectivity index (χ1) is 12.5. The number of allylic oxidation sites excluding steroid dienone is 1. The van der Waals surface area contributed by atoms with Gasteiger partial charge in [0.1, 0.15) is 0 Å². The number of amides is 1. The zero-order valence-corrected chi connectivity index (χ0v) is 15.5. The first kappa shape index (κ1) is 17.1. The zero-order valence-electron chi connectivity index (χ0n) is 14.6. The lowest BCUT2D eigenvalue weighted by molar-refractivity contribution is -0.127. The molecule has 1 N–H and O–H groups in total. The fourth-order valence-corrected chi connectivity index (χ4v) is 4.94. The minimum Gasteiger partial charge on any atom is -0.478 e. The number of benzene rings is 1. The smallest absolute Gasteiger partial charge is 0.335 e. The number of aromatic carboxylic acids is 1. The van der Waals surface area contributed by atoms with Gasteiger partial charge in [-0.2, -0.15) is 0 Å². The molecule has 3 heterocycles. The van der Waals surface area contributed by atoms with E-state index in [4.69, 9.17) is 5.11 Å². The molecule has 7 heteroatoms. The van der Waals surface area contributed by atoms with Crippen LogP contribution in [0.3, 0.4) is 0 Å². The summed E-state index contributed by atoms with van der Waals surface area (Å²) in [4.78, 5) is 33.4. The maximum atomic E-state index is 13.1. The van der Waals surface area contributed by atoms with Crippen molar-refractivity contribution in [3.8, 4) is 0 Å². The number of likely N-dealkylation sites (tertiary alicyclic amines) is 1. The van der Waals surface area contributed by atoms with E-state index in [-0.39, 0.29) is 11.8 Å². The van der Waals surface area contributed by atoms with Crippen molar-refractivity contribution in [1.82, 2.24) is 9.80 Å². The molecule has 6 nitrogen and oxygen atoms in total. The lowest BCUT2D eigenvalue weighted by atomic mass is 9.90. The molecule has 4 rings (SSSR count). The van der Waals surface area contributed by atoms with Crippen LogP contribution in [0.2, 0.25) is 0 Å². The van der Waals surface area contributed by atoms with Gasteiger partial charge in [0.15, 0.2) is 5.17 Å². The highest BCUT2D eigenvalue weighted by Crippen LogP contribution is 2.38. The van der Waals surface area contributed by atoms with Crippen molar-refractivity contribution < 1.29 is 14.7 Å². The molecule has 0 radical (unpaired) electrons. The molecule has 3 aliphatic rings. The molecule has 1 atom stereocenters. The van der Waals surface area contributed by atoms with Crippen LogP contribution in [0.15, 0.2) is 39.9 Å². The van der Waals surface area contributed by atoms with Crippen LogP contribution in [-0.4, -0.2) is 58.1 Å². The quantitative estimate of drug-likeness (QED) is 0.884. The number of rotatable bonds is 3. The second kappa shape index (κ2) is 6.79. The number of aliphatic imine (C=N–C) groups is 1. The topological polar surface area (TPSA) is 73.2 Å². The van der Waals surface area contributed by atoms with E-state index in [0.717, 1.165) is 53.8 Å². The summed E-state index contributed by atoms with van der Waals surface area (Å²) in [6.07, 6.45) is 1.97. The third-order valence-electron chi connectivity index (χ3n) is 5.26. The van der Waals surface area contributed by atoms with Gasteiger partial charge in [0.2, 0.25) is 0 Å². The Bertz CT molecular complexity index is 816. The van der Waals surface area contributed by atoms with Crippen molar-refractivity contribution in [3.63, 3.8) is 0 Å². The van der Waals surface area contributed by atoms with E-state index in [2.05, 4.69) is 9.89 Å². The number of carboxylic acids is 1. The predicted molar refractivity (Wildman–Crippen MR) is 101 cm³/mol. The first-order valence-corrected chi connectivity index (χ1v) is 9.69. The van der Waals surface area contributed by atoms with E-state index >= 15 is 0 Å². The van der Waals surface area contributed by atoms with Crippen LogP contribution < -0.4 is 0 Å². The maximum Gasteiger partial charge on any atom is 0.335 e. The van der Waals surface area contributed by atoms with Gasteiger partial charge in [0, 0.05) is 31.2 Å². The summed E-state index contributed by atoms with van der Waals surface area (Å²) in [5.41, 5.74) is 2.41. The second-order valence-corrected chi connectivity index (χ2v) is 7.83. The maximum absolute atomic E-state index is 13.1. The fraction of sp³-hybridized carbons (Fsp3) is 0.421. The van der Waals surface area contributed by atoms with Crippen LogP contribution in [0.1, 0.15) is 41.6 Å². The van der Waals surface area contributed by atoms with Gasteiger partial charge in [0.25, 0.3) is 5.91 Å². The number of hydrogen-bond donors (Lipinski definition) is 1. The fourth-order valence-electron chi connectivity index (χ4n) is 3.79. The number of carbonyl (C=O) groups is 2. The number of thioether (sulfide) groups is 1. The lowest BCUT2D eigenvalue weighted by Gasteiger charge is -2.33. The minimum absolute atomic E-state index is 0.0939. The Morgan fingerprint density at radius 2 is 2.00 bits per heavy atom. The Labute approximate surface area is 156 Å². The second-order valence-electron chi connectivity index (χ2n) is 6.85. The van der Waals surface area contributed by atoms with E-state index in [1.165, 1.54) is 11.8 Å². The van der Waals surface area contributed by atoms with E-state index in [0.29, 0.717) is 12.1 Å². The molecule has 3 aliphatic heterocycles. The number of carbonyl (C=O) groups excluding carboxylic acids is 1. The van der Waals surface area contributed by atoms with Crippen molar-refractivity contribution in [1.29, 1.82) is 0 Å². The van der Waals surface area contributed by atoms with Crippen molar-refractivity contribution in [2.24, 2.45) is 4.99 Å². The lowest BCUT2D eigenvalue weighted by Crippen LogP contribution is -2.39. The molecule has 1 fully saturated rings. The summed E-state index contributed by atoms with van der Waals surface area (Å²) in [6, 6.07) is 7.04. The van der Waals surface area contributed by atoms with E-state index < -0.39 is 5.97 Å². The van der Waals surface area contributed by atoms with Gasteiger partial charge in [-0.1, -0.05) is 12.1 Å². The molecule has 0 aliphatic carbocycles. The van der Waals surface area contributed by atoms with Gasteiger partial charge in [-0.05, 0) is 49.2 Å². The molecule has 1 amide bonds. The van der Waals surface area contributed by atoms with Crippen LogP contribution >= 0.6 is 11.8 Å². The highest BCUT2D eigenvalue weighted by Gasteiger charge is 2.36. The van der Waals surface area contributed by atoms with Crippen molar-refractivity contribution >= 4 is 28.8 Å². The molecular weight excluding hydrogens is 350 g/mol. The van der Waals surface area contributed by atoms with Gasteiger partial charge >= 0.3 is 5.97 Å². The summed E-state index contributed by atoms with van der Waals surface area (Å²) in [7, 11) is 0. The summed E-state index contributed by atoms with van der Waals surface area (Å²) in [5.74, 6) is -0.572. The number of nitrogens with zero attached hydrogens (tertiary/aromatic N) is 3. The number of piperidine rings is 1. The molecule has 26 heavy (non-hydrogen) atoms. The summed E-state index contributed by atoms with van der Waals surface area (Å²) in [5, 5.41) is 9.99. The Morgan fingerprint density at radius 3 is 2.69 bits per heavy atom. The Morgan fingerprint density at radius 1 is 1.23 bits per heavy atom. The van der Waals surface area contributed by atoms with E-state index in [1.807, 2.05) is 24.0 Å². The Hall–Kier alpha value is -2.28. The van der Waals surface area contributed by atoms with Crippen LogP contribution in [0.4, 0.5) is 0 Å². The largest absolute Gasteiger partial charge is 0.478 e. The SMILES string of the molecule is CC1=C(C(=O)N2CCC[C@@H](c3ccc(C(=O)O)cc3)C2)SC2=NCCN21. The third kappa shape index (κ3) is 3.00. The van der Waals surface area contributed by atoms with Crippen molar-refractivity contribution in [2.45, 2.75) is 25.7 Å². The highest BCUT2D eigenvalue weighted by molar-refractivity contribution is 8.18. The van der Waals surface area contributed by atoms with Gasteiger partial charge in [-0.25, -0.2) is 4.79 Å². The zero-order chi connectivity index (χ0) is 18.3. The van der Waals surface area contributed by atoms with Gasteiger partial charge in [-0.15, -0.1) is 0 Å². The molecule has 0 bridgehead atoms. The molecule has 1 aromatic rings. The summed E-state index contributed by atoms with van der Waals surface area (Å²) in [6.45, 7) is 5.12. The molecule has 0 unspecified atom stereocenters. The van der Waals surface area contributed by atoms with Gasteiger partial charge in [-0.3, -0.25) is 9.79 Å². The van der Waals surface area contributed by atoms with Crippen LogP contribution in [0.5, 0.6) is 0 Å². The standard InChI is InChI=1S/C19H21N3O3S/c1-12-16(26-19-20-8-10-22(12)19)17(23)21-9-2-3-15(11-21)13-4-6-14(7-5-13)18(24)25/h4-7,15H,2-3,8-11H2,1H3,(H,24,25)/t15-/m1/s1. The average molecular weight is 371 g/mol. The number of hydrogen-bond acceptors (Lipinski definition) is 5. The highest BCUT2D eigenvalue weighted by atomic mass is 32.2. The van der Waals surface area contributed by atoms with Crippen LogP contribution in [0.25, 0.3) is 0 Å². The molecule has 1 saturated heterocycles. The summed E-state index contributed by atoms with van der Waals surface area (Å²) >= 11 is 1.49. The summed E-state index contributed by atoms with van der Waals surface area (Å²) < 4.78 is 0. The normalized spacial score (nSPS) is 22.5. The van der Waals surface area contributed by atoms with E-state index in [1.54, 1.807) is 12.1 Å². The number of amidine groups is 1. The average Bonchev–Trinajstić information content (AvgIpc) is 3.24. The Balaban J connectivity index is 1.48. The molecular formula is C19H21N3O3S. The van der Waals surface area contributed by atoms with E-state index in [9.17, 15) is 9.59 Å². The molecule has 136 valence electrons. The molecule has 0 aromatic heterocycles.